The molecule has 5 rings (SSSR count). The number of hydrogen-bond acceptors (Lipinski definition) is 7. The molecule has 0 saturated carbocycles. The summed E-state index contributed by atoms with van der Waals surface area (Å²) in [5.74, 6) is -0.740. The summed E-state index contributed by atoms with van der Waals surface area (Å²) in [4.78, 5) is 12.8. The van der Waals surface area contributed by atoms with Crippen LogP contribution in [-0.4, -0.2) is 26.5 Å². The third-order valence-electron chi connectivity index (χ3n) is 5.14. The number of nitrogens with zero attached hydrogens (tertiary/aromatic N) is 3. The van der Waals surface area contributed by atoms with Crippen molar-refractivity contribution >= 4 is 34.2 Å². The van der Waals surface area contributed by atoms with Gasteiger partial charge in [0.15, 0.2) is 17.4 Å². The lowest BCUT2D eigenvalue weighted by atomic mass is 10.1. The van der Waals surface area contributed by atoms with Gasteiger partial charge >= 0.3 is 0 Å². The summed E-state index contributed by atoms with van der Waals surface area (Å²) in [6.45, 7) is 0.0819. The molecule has 0 radical (unpaired) electrons. The van der Waals surface area contributed by atoms with Gasteiger partial charge in [-0.25, -0.2) is 13.9 Å². The van der Waals surface area contributed by atoms with Gasteiger partial charge < -0.3 is 19.2 Å². The maximum Gasteiger partial charge on any atom is 0.259 e. The first kappa shape index (κ1) is 23.2. The highest BCUT2D eigenvalue weighted by molar-refractivity contribution is 6.31. The van der Waals surface area contributed by atoms with Gasteiger partial charge in [-0.05, 0) is 46.8 Å². The van der Waals surface area contributed by atoms with Crippen molar-refractivity contribution < 1.29 is 27.5 Å². The van der Waals surface area contributed by atoms with Crippen molar-refractivity contribution in [3.05, 3.63) is 94.5 Å². The zero-order chi connectivity index (χ0) is 25.1. The monoisotopic (exact) mass is 511 g/mol. The molecule has 0 unspecified atom stereocenters. The second kappa shape index (κ2) is 10.0. The lowest BCUT2D eigenvalue weighted by molar-refractivity contribution is 0.102. The van der Waals surface area contributed by atoms with Crippen molar-refractivity contribution in [2.75, 3.05) is 5.32 Å². The van der Waals surface area contributed by atoms with Gasteiger partial charge in [0.2, 0.25) is 0 Å². The molecule has 12 heteroatoms. The molecule has 182 valence electrons. The molecule has 2 heterocycles. The topological polar surface area (TPSA) is 115 Å². The van der Waals surface area contributed by atoms with E-state index in [0.29, 0.717) is 28.1 Å². The summed E-state index contributed by atoms with van der Waals surface area (Å²) in [5, 5.41) is 16.6. The summed E-state index contributed by atoms with van der Waals surface area (Å²) in [6.07, 6.45) is 1.31. The molecule has 9 nitrogen and oxygen atoms in total. The molecule has 0 atom stereocenters. The number of nitrogens with one attached hydrogen (secondary N) is 2. The molecule has 2 N–H and O–H groups in total. The third kappa shape index (κ3) is 5.10. The number of aromatic nitrogens is 4. The minimum atomic E-state index is -0.688. The van der Waals surface area contributed by atoms with Crippen molar-refractivity contribution in [3.8, 4) is 11.5 Å². The van der Waals surface area contributed by atoms with Crippen LogP contribution in [0.1, 0.15) is 21.7 Å². The second-order valence-corrected chi connectivity index (χ2v) is 7.97. The molecule has 0 bridgehead atoms. The van der Waals surface area contributed by atoms with E-state index in [9.17, 15) is 13.6 Å². The summed E-state index contributed by atoms with van der Waals surface area (Å²) in [5.41, 5.74) is 1.43. The maximum absolute atomic E-state index is 14.6. The Labute approximate surface area is 207 Å². The first-order valence-electron chi connectivity index (χ1n) is 10.5. The minimum absolute atomic E-state index is 0.0456. The fraction of sp³-hybridized carbons (Fsp3) is 0.0833. The van der Waals surface area contributed by atoms with Crippen LogP contribution in [0.4, 0.5) is 14.5 Å². The molecule has 1 amide bonds. The predicted octanol–water partition coefficient (Wildman–Crippen LogP) is 5.29. The van der Waals surface area contributed by atoms with Gasteiger partial charge in [-0.15, -0.1) is 5.10 Å². The zero-order valence-corrected chi connectivity index (χ0v) is 19.1. The number of aromatic amines is 1. The number of fused-ring (bicyclic) bond motifs is 1. The van der Waals surface area contributed by atoms with Crippen LogP contribution in [0, 0.1) is 11.6 Å². The quantitative estimate of drug-likeness (QED) is 0.291. The summed E-state index contributed by atoms with van der Waals surface area (Å²) >= 11 is 5.97. The highest BCUT2D eigenvalue weighted by Crippen LogP contribution is 2.28. The normalized spacial score (nSPS) is 11.0. The Morgan fingerprint density at radius 2 is 1.94 bits per heavy atom. The van der Waals surface area contributed by atoms with E-state index in [0.717, 1.165) is 12.1 Å². The van der Waals surface area contributed by atoms with Crippen LogP contribution in [0.3, 0.4) is 0 Å². The molecule has 2 aromatic heterocycles. The first-order valence-corrected chi connectivity index (χ1v) is 10.9. The lowest BCUT2D eigenvalue weighted by Gasteiger charge is -2.10. The van der Waals surface area contributed by atoms with Crippen molar-refractivity contribution in [1.29, 1.82) is 0 Å². The van der Waals surface area contributed by atoms with Gasteiger partial charge in [-0.1, -0.05) is 17.7 Å². The number of hydrogen-bond donors (Lipinski definition) is 2. The molecule has 0 aliphatic carbocycles. The zero-order valence-electron chi connectivity index (χ0n) is 18.3. The average molecular weight is 512 g/mol. The van der Waals surface area contributed by atoms with Gasteiger partial charge in [-0.3, -0.25) is 4.79 Å². The van der Waals surface area contributed by atoms with E-state index in [1.807, 2.05) is 0 Å². The van der Waals surface area contributed by atoms with Gasteiger partial charge in [0.05, 0.1) is 10.6 Å². The SMILES string of the molecule is O=C(Nc1ccc(OCc2ccc(F)cc2Cl)c(F)c1)c1coc2cc(OCc3nnn[nH]3)ccc12. The molecule has 36 heavy (non-hydrogen) atoms. The van der Waals surface area contributed by atoms with Gasteiger partial charge in [0.25, 0.3) is 5.91 Å². The smallest absolute Gasteiger partial charge is 0.259 e. The number of benzene rings is 3. The van der Waals surface area contributed by atoms with Gasteiger partial charge in [0, 0.05) is 28.8 Å². The number of anilines is 1. The highest BCUT2D eigenvalue weighted by Gasteiger charge is 2.16. The minimum Gasteiger partial charge on any atom is -0.486 e. The van der Waals surface area contributed by atoms with E-state index in [1.54, 1.807) is 18.2 Å². The Morgan fingerprint density at radius 1 is 1.06 bits per heavy atom. The number of ether oxygens (including phenoxy) is 2. The first-order chi connectivity index (χ1) is 17.5. The molecular formula is C24H16ClF2N5O4. The molecular weight excluding hydrogens is 496 g/mol. The third-order valence-corrected chi connectivity index (χ3v) is 5.50. The fourth-order valence-electron chi connectivity index (χ4n) is 3.35. The largest absolute Gasteiger partial charge is 0.486 e. The van der Waals surface area contributed by atoms with Crippen molar-refractivity contribution in [1.82, 2.24) is 20.6 Å². The fourth-order valence-corrected chi connectivity index (χ4v) is 3.58. The van der Waals surface area contributed by atoms with E-state index in [4.69, 9.17) is 25.5 Å². The Balaban J connectivity index is 1.24. The van der Waals surface area contributed by atoms with E-state index in [2.05, 4.69) is 25.9 Å². The van der Waals surface area contributed by atoms with Crippen LogP contribution in [-0.2, 0) is 13.2 Å². The van der Waals surface area contributed by atoms with E-state index >= 15 is 0 Å². The number of tetrazole rings is 1. The summed E-state index contributed by atoms with van der Waals surface area (Å²) in [7, 11) is 0. The van der Waals surface area contributed by atoms with Crippen LogP contribution in [0.15, 0.2) is 65.3 Å². The Morgan fingerprint density at radius 3 is 2.72 bits per heavy atom. The van der Waals surface area contributed by atoms with Crippen molar-refractivity contribution in [2.24, 2.45) is 0 Å². The maximum atomic E-state index is 14.6. The molecule has 0 aliphatic rings. The number of rotatable bonds is 8. The number of carbonyl (C=O) groups excluding carboxylic acids is 1. The van der Waals surface area contributed by atoms with Crippen LogP contribution >= 0.6 is 11.6 Å². The molecule has 0 saturated heterocycles. The van der Waals surface area contributed by atoms with Crippen molar-refractivity contribution in [2.45, 2.75) is 13.2 Å². The molecule has 5 aromatic rings. The Hall–Kier alpha value is -4.51. The second-order valence-electron chi connectivity index (χ2n) is 7.57. The van der Waals surface area contributed by atoms with Gasteiger partial charge in [-0.2, -0.15) is 0 Å². The van der Waals surface area contributed by atoms with Crippen LogP contribution in [0.5, 0.6) is 11.5 Å². The number of H-pyrrole nitrogens is 1. The number of halogens is 3. The van der Waals surface area contributed by atoms with E-state index < -0.39 is 17.5 Å². The highest BCUT2D eigenvalue weighted by atomic mass is 35.5. The predicted molar refractivity (Wildman–Crippen MR) is 125 cm³/mol. The van der Waals surface area contributed by atoms with Crippen molar-refractivity contribution in [3.63, 3.8) is 0 Å². The van der Waals surface area contributed by atoms with Crippen LogP contribution in [0.2, 0.25) is 5.02 Å². The van der Waals surface area contributed by atoms with E-state index in [1.165, 1.54) is 30.5 Å². The average Bonchev–Trinajstić information content (AvgIpc) is 3.53. The van der Waals surface area contributed by atoms with E-state index in [-0.39, 0.29) is 35.2 Å². The molecule has 0 spiro atoms. The Bertz CT molecular complexity index is 1540. The van der Waals surface area contributed by atoms with Crippen LogP contribution in [0.25, 0.3) is 11.0 Å². The Kier molecular flexibility index (Phi) is 6.46. The number of amides is 1. The number of furan rings is 1. The summed E-state index contributed by atoms with van der Waals surface area (Å²) < 4.78 is 44.3. The van der Waals surface area contributed by atoms with Crippen LogP contribution < -0.4 is 14.8 Å². The number of carbonyl (C=O) groups is 1. The lowest BCUT2D eigenvalue weighted by Crippen LogP contribution is -2.11. The molecule has 3 aromatic carbocycles. The molecule has 0 aliphatic heterocycles. The standard InChI is InChI=1S/C24H16ClF2N5O4/c25-19-7-14(26)2-1-13(19)10-35-21-6-3-15(8-20(21)27)28-24(33)18-11-36-22-9-16(4-5-17(18)22)34-12-23-29-31-32-30-23/h1-9,11H,10,12H2,(H,28,33)(H,29,30,31,32). The summed E-state index contributed by atoms with van der Waals surface area (Å²) in [6, 6.07) is 12.8. The van der Waals surface area contributed by atoms with Gasteiger partial charge in [0.1, 0.15) is 36.6 Å². The molecule has 0 fully saturated rings.